The first-order chi connectivity index (χ1) is 6.63. The van der Waals surface area contributed by atoms with Gasteiger partial charge in [-0.1, -0.05) is 0 Å². The van der Waals surface area contributed by atoms with Gasteiger partial charge in [0.05, 0.1) is 0 Å². The number of nitrogens with one attached hydrogen (secondary N) is 1. The Morgan fingerprint density at radius 2 is 2.43 bits per heavy atom. The highest BCUT2D eigenvalue weighted by Crippen LogP contribution is 1.95. The molecule has 0 aromatic carbocycles. The lowest BCUT2D eigenvalue weighted by atomic mass is 10.3. The van der Waals surface area contributed by atoms with Gasteiger partial charge in [-0.25, -0.2) is 9.97 Å². The summed E-state index contributed by atoms with van der Waals surface area (Å²) in [6.07, 6.45) is 1.56. The molecule has 0 aliphatic rings. The monoisotopic (exact) mass is 194 g/mol. The van der Waals surface area contributed by atoms with Crippen molar-refractivity contribution in [2.24, 2.45) is 5.73 Å². The quantitative estimate of drug-likeness (QED) is 0.702. The van der Waals surface area contributed by atoms with Gasteiger partial charge in [-0.3, -0.25) is 4.79 Å². The molecule has 5 heteroatoms. The van der Waals surface area contributed by atoms with Gasteiger partial charge in [0.2, 0.25) is 0 Å². The summed E-state index contributed by atoms with van der Waals surface area (Å²) in [6.45, 7) is 3.99. The number of aryl methyl sites for hydroxylation is 1. The van der Waals surface area contributed by atoms with E-state index in [4.69, 9.17) is 5.73 Å². The Morgan fingerprint density at radius 1 is 1.71 bits per heavy atom. The van der Waals surface area contributed by atoms with Gasteiger partial charge in [0.25, 0.3) is 5.91 Å². The van der Waals surface area contributed by atoms with E-state index in [1.807, 2.05) is 6.92 Å². The van der Waals surface area contributed by atoms with E-state index in [1.54, 1.807) is 19.2 Å². The second-order valence-corrected chi connectivity index (χ2v) is 3.10. The highest BCUT2D eigenvalue weighted by Gasteiger charge is 2.09. The van der Waals surface area contributed by atoms with E-state index in [1.165, 1.54) is 0 Å². The Bertz CT molecular complexity index is 326. The third kappa shape index (κ3) is 2.77. The van der Waals surface area contributed by atoms with Crippen LogP contribution in [0.3, 0.4) is 0 Å². The standard InChI is InChI=1S/C9H14N4O/c1-6(5-10)12-9(14)8-3-4-11-7(2)13-8/h3-4,6H,5,10H2,1-2H3,(H,12,14)/t6-/m0/s1. The van der Waals surface area contributed by atoms with Crippen molar-refractivity contribution in [3.05, 3.63) is 23.8 Å². The molecule has 5 nitrogen and oxygen atoms in total. The Morgan fingerprint density at radius 3 is 3.00 bits per heavy atom. The fraction of sp³-hybridized carbons (Fsp3) is 0.444. The molecule has 76 valence electrons. The summed E-state index contributed by atoms with van der Waals surface area (Å²) >= 11 is 0. The van der Waals surface area contributed by atoms with Crippen LogP contribution in [-0.4, -0.2) is 28.5 Å². The average molecular weight is 194 g/mol. The minimum Gasteiger partial charge on any atom is -0.347 e. The number of nitrogens with zero attached hydrogens (tertiary/aromatic N) is 2. The number of carbonyl (C=O) groups is 1. The molecule has 1 aromatic rings. The average Bonchev–Trinajstić information content (AvgIpc) is 2.17. The molecule has 0 unspecified atom stereocenters. The smallest absolute Gasteiger partial charge is 0.270 e. The zero-order chi connectivity index (χ0) is 10.6. The molecular weight excluding hydrogens is 180 g/mol. The number of amides is 1. The molecule has 1 heterocycles. The van der Waals surface area contributed by atoms with Gasteiger partial charge in [0, 0.05) is 18.8 Å². The second-order valence-electron chi connectivity index (χ2n) is 3.10. The molecule has 0 aliphatic carbocycles. The molecular formula is C9H14N4O. The second kappa shape index (κ2) is 4.66. The van der Waals surface area contributed by atoms with E-state index in [0.717, 1.165) is 0 Å². The fourth-order valence-corrected chi connectivity index (χ4v) is 0.939. The Labute approximate surface area is 82.7 Å². The summed E-state index contributed by atoms with van der Waals surface area (Å²) in [7, 11) is 0. The SMILES string of the molecule is Cc1nccc(C(=O)N[C@@H](C)CN)n1. The van der Waals surface area contributed by atoms with E-state index < -0.39 is 0 Å². The predicted octanol–water partition coefficient (Wildman–Crippen LogP) is -0.138. The third-order valence-corrected chi connectivity index (χ3v) is 1.74. The number of aromatic nitrogens is 2. The Kier molecular flexibility index (Phi) is 3.53. The van der Waals surface area contributed by atoms with Crippen LogP contribution in [0.25, 0.3) is 0 Å². The van der Waals surface area contributed by atoms with Gasteiger partial charge in [-0.2, -0.15) is 0 Å². The molecule has 0 radical (unpaired) electrons. The minimum atomic E-state index is -0.214. The lowest BCUT2D eigenvalue weighted by Gasteiger charge is -2.10. The molecule has 0 spiro atoms. The van der Waals surface area contributed by atoms with Gasteiger partial charge in [0.15, 0.2) is 0 Å². The topological polar surface area (TPSA) is 80.9 Å². The summed E-state index contributed by atoms with van der Waals surface area (Å²) in [5.74, 6) is 0.367. The lowest BCUT2D eigenvalue weighted by Crippen LogP contribution is -2.38. The van der Waals surface area contributed by atoms with Crippen molar-refractivity contribution < 1.29 is 4.79 Å². The normalized spacial score (nSPS) is 12.2. The largest absolute Gasteiger partial charge is 0.347 e. The van der Waals surface area contributed by atoms with Crippen molar-refractivity contribution in [2.75, 3.05) is 6.54 Å². The molecule has 0 saturated carbocycles. The predicted molar refractivity (Wildman–Crippen MR) is 52.8 cm³/mol. The molecule has 1 aromatic heterocycles. The molecule has 1 amide bonds. The molecule has 0 aliphatic heterocycles. The number of nitrogens with two attached hydrogens (primary N) is 1. The van der Waals surface area contributed by atoms with Crippen LogP contribution in [0.4, 0.5) is 0 Å². The zero-order valence-electron chi connectivity index (χ0n) is 8.32. The number of carbonyl (C=O) groups excluding carboxylic acids is 1. The maximum atomic E-state index is 11.5. The summed E-state index contributed by atoms with van der Waals surface area (Å²) < 4.78 is 0. The van der Waals surface area contributed by atoms with Crippen molar-refractivity contribution in [1.29, 1.82) is 0 Å². The van der Waals surface area contributed by atoms with E-state index in [2.05, 4.69) is 15.3 Å². The molecule has 0 bridgehead atoms. The van der Waals surface area contributed by atoms with Crippen LogP contribution in [0.2, 0.25) is 0 Å². The van der Waals surface area contributed by atoms with Crippen LogP contribution >= 0.6 is 0 Å². The van der Waals surface area contributed by atoms with Gasteiger partial charge in [-0.05, 0) is 19.9 Å². The molecule has 1 rings (SSSR count). The van der Waals surface area contributed by atoms with E-state index in [9.17, 15) is 4.79 Å². The third-order valence-electron chi connectivity index (χ3n) is 1.74. The van der Waals surface area contributed by atoms with E-state index in [0.29, 0.717) is 18.1 Å². The minimum absolute atomic E-state index is 0.0437. The molecule has 1 atom stereocenters. The maximum Gasteiger partial charge on any atom is 0.270 e. The number of hydrogen-bond donors (Lipinski definition) is 2. The van der Waals surface area contributed by atoms with Gasteiger partial charge < -0.3 is 11.1 Å². The molecule has 14 heavy (non-hydrogen) atoms. The van der Waals surface area contributed by atoms with Crippen molar-refractivity contribution in [1.82, 2.24) is 15.3 Å². The summed E-state index contributed by atoms with van der Waals surface area (Å²) in [6, 6.07) is 1.53. The number of hydrogen-bond acceptors (Lipinski definition) is 4. The van der Waals surface area contributed by atoms with Crippen LogP contribution in [0.15, 0.2) is 12.3 Å². The Balaban J connectivity index is 2.70. The van der Waals surface area contributed by atoms with Crippen LogP contribution in [-0.2, 0) is 0 Å². The van der Waals surface area contributed by atoms with E-state index >= 15 is 0 Å². The van der Waals surface area contributed by atoms with Gasteiger partial charge in [-0.15, -0.1) is 0 Å². The first-order valence-corrected chi connectivity index (χ1v) is 4.44. The zero-order valence-corrected chi connectivity index (χ0v) is 8.32. The van der Waals surface area contributed by atoms with Crippen molar-refractivity contribution >= 4 is 5.91 Å². The Hall–Kier alpha value is -1.49. The maximum absolute atomic E-state index is 11.5. The number of rotatable bonds is 3. The van der Waals surface area contributed by atoms with Crippen LogP contribution in [0.1, 0.15) is 23.2 Å². The fourth-order valence-electron chi connectivity index (χ4n) is 0.939. The van der Waals surface area contributed by atoms with Gasteiger partial charge in [0.1, 0.15) is 11.5 Å². The van der Waals surface area contributed by atoms with Gasteiger partial charge >= 0.3 is 0 Å². The van der Waals surface area contributed by atoms with E-state index in [-0.39, 0.29) is 11.9 Å². The van der Waals surface area contributed by atoms with Crippen LogP contribution < -0.4 is 11.1 Å². The summed E-state index contributed by atoms with van der Waals surface area (Å²) in [5, 5.41) is 2.72. The molecule has 0 fully saturated rings. The molecule has 3 N–H and O–H groups in total. The van der Waals surface area contributed by atoms with Crippen LogP contribution in [0.5, 0.6) is 0 Å². The first kappa shape index (κ1) is 10.6. The van der Waals surface area contributed by atoms with Crippen LogP contribution in [0, 0.1) is 6.92 Å². The highest BCUT2D eigenvalue weighted by atomic mass is 16.1. The van der Waals surface area contributed by atoms with Crippen molar-refractivity contribution in [3.8, 4) is 0 Å². The molecule has 0 saturated heterocycles. The van der Waals surface area contributed by atoms with Crippen molar-refractivity contribution in [3.63, 3.8) is 0 Å². The highest BCUT2D eigenvalue weighted by molar-refractivity contribution is 5.92. The summed E-state index contributed by atoms with van der Waals surface area (Å²) in [5.41, 5.74) is 5.75. The van der Waals surface area contributed by atoms with Crippen molar-refractivity contribution in [2.45, 2.75) is 19.9 Å². The summed E-state index contributed by atoms with van der Waals surface area (Å²) in [4.78, 5) is 19.4. The lowest BCUT2D eigenvalue weighted by molar-refractivity contribution is 0.0936. The first-order valence-electron chi connectivity index (χ1n) is 4.44.